The average molecular weight is 376 g/mol. The third-order valence-corrected chi connectivity index (χ3v) is 4.81. The van der Waals surface area contributed by atoms with Crippen molar-refractivity contribution in [2.75, 3.05) is 13.2 Å². The van der Waals surface area contributed by atoms with Crippen molar-refractivity contribution in [3.05, 3.63) is 24.1 Å². The van der Waals surface area contributed by atoms with Crippen LogP contribution < -0.4 is 5.32 Å². The molecule has 1 fully saturated rings. The molecule has 3 heterocycles. The van der Waals surface area contributed by atoms with Crippen molar-refractivity contribution in [3.63, 3.8) is 0 Å². The third-order valence-electron chi connectivity index (χ3n) is 4.81. The van der Waals surface area contributed by atoms with E-state index < -0.39 is 12.1 Å². The fraction of sp³-hybridized carbons (Fsp3) is 0.600. The number of carbonyl (C=O) groups excluding carboxylic acids is 2. The van der Waals surface area contributed by atoms with Crippen LogP contribution in [0.3, 0.4) is 0 Å². The summed E-state index contributed by atoms with van der Waals surface area (Å²) in [6, 6.07) is 3.54. The Morgan fingerprint density at radius 1 is 1.33 bits per heavy atom. The number of hydrogen-bond donors (Lipinski definition) is 1. The maximum atomic E-state index is 12.8. The zero-order chi connectivity index (χ0) is 19.6. The van der Waals surface area contributed by atoms with Gasteiger partial charge in [0.2, 0.25) is 0 Å². The number of ether oxygens (including phenoxy) is 2. The van der Waals surface area contributed by atoms with Crippen LogP contribution in [0.25, 0.3) is 11.1 Å². The molecule has 0 spiro atoms. The number of carbonyl (C=O) groups is 2. The first kappa shape index (κ1) is 19.5. The summed E-state index contributed by atoms with van der Waals surface area (Å²) in [6.07, 6.45) is 2.72. The van der Waals surface area contributed by atoms with Gasteiger partial charge in [-0.25, -0.2) is 4.79 Å². The molecule has 0 aromatic carbocycles. The molecule has 27 heavy (non-hydrogen) atoms. The van der Waals surface area contributed by atoms with Crippen LogP contribution in [0.1, 0.15) is 57.1 Å². The maximum absolute atomic E-state index is 12.8. The summed E-state index contributed by atoms with van der Waals surface area (Å²) in [7, 11) is 0. The average Bonchev–Trinajstić information content (AvgIpc) is 3.32. The van der Waals surface area contributed by atoms with Crippen LogP contribution in [-0.4, -0.2) is 41.8 Å². The fourth-order valence-electron chi connectivity index (χ4n) is 3.45. The minimum absolute atomic E-state index is 0.0440. The fourth-order valence-corrected chi connectivity index (χ4v) is 3.45. The van der Waals surface area contributed by atoms with E-state index in [9.17, 15) is 9.59 Å². The van der Waals surface area contributed by atoms with Crippen molar-refractivity contribution in [2.45, 2.75) is 58.8 Å². The number of nitrogens with one attached hydrogen (secondary N) is 1. The molecule has 7 heteroatoms. The number of esters is 1. The van der Waals surface area contributed by atoms with Gasteiger partial charge in [0, 0.05) is 31.3 Å². The van der Waals surface area contributed by atoms with E-state index in [0.717, 1.165) is 25.0 Å². The summed E-state index contributed by atoms with van der Waals surface area (Å²) in [5.41, 5.74) is 1.84. The Labute approximate surface area is 159 Å². The number of amides is 1. The normalized spacial score (nSPS) is 18.4. The van der Waals surface area contributed by atoms with Crippen molar-refractivity contribution in [2.24, 2.45) is 5.92 Å². The predicted molar refractivity (Wildman–Crippen MR) is 101 cm³/mol. The van der Waals surface area contributed by atoms with Crippen LogP contribution in [0.4, 0.5) is 0 Å². The summed E-state index contributed by atoms with van der Waals surface area (Å²) in [4.78, 5) is 25.4. The van der Waals surface area contributed by atoms with Gasteiger partial charge in [-0.05, 0) is 32.6 Å². The molecule has 0 unspecified atom stereocenters. The van der Waals surface area contributed by atoms with Crippen LogP contribution in [0.2, 0.25) is 0 Å². The molecular formula is C20H28N2O5. The summed E-state index contributed by atoms with van der Waals surface area (Å²) < 4.78 is 18.4. The first-order valence-corrected chi connectivity index (χ1v) is 9.57. The van der Waals surface area contributed by atoms with E-state index in [1.807, 2.05) is 38.3 Å². The SMILES string of the molecule is CC(C)[C@H](OC(=O)c1cc2occc2n1C(C)C)C(=O)NC[C@H]1CCCO1. The molecule has 7 nitrogen and oxygen atoms in total. The number of aromatic nitrogens is 1. The van der Waals surface area contributed by atoms with Gasteiger partial charge in [0.15, 0.2) is 11.7 Å². The van der Waals surface area contributed by atoms with Crippen molar-refractivity contribution >= 4 is 23.0 Å². The number of furan rings is 1. The van der Waals surface area contributed by atoms with Gasteiger partial charge in [0.05, 0.1) is 17.9 Å². The molecule has 3 rings (SSSR count). The molecule has 148 valence electrons. The van der Waals surface area contributed by atoms with Gasteiger partial charge in [-0.2, -0.15) is 0 Å². The molecule has 0 saturated carbocycles. The van der Waals surface area contributed by atoms with Crippen LogP contribution in [-0.2, 0) is 14.3 Å². The predicted octanol–water partition coefficient (Wildman–Crippen LogP) is 3.29. The minimum Gasteiger partial charge on any atom is -0.463 e. The lowest BCUT2D eigenvalue weighted by atomic mass is 10.1. The van der Waals surface area contributed by atoms with Crippen molar-refractivity contribution in [1.82, 2.24) is 9.88 Å². The Bertz CT molecular complexity index is 799. The second-order valence-corrected chi connectivity index (χ2v) is 7.61. The molecule has 1 amide bonds. The van der Waals surface area contributed by atoms with E-state index in [1.165, 1.54) is 0 Å². The van der Waals surface area contributed by atoms with Gasteiger partial charge in [-0.15, -0.1) is 0 Å². The molecule has 1 aliphatic heterocycles. The third kappa shape index (κ3) is 4.18. The smallest absolute Gasteiger partial charge is 0.355 e. The minimum atomic E-state index is -0.860. The monoisotopic (exact) mass is 376 g/mol. The lowest BCUT2D eigenvalue weighted by molar-refractivity contribution is -0.132. The largest absolute Gasteiger partial charge is 0.463 e. The quantitative estimate of drug-likeness (QED) is 0.750. The zero-order valence-electron chi connectivity index (χ0n) is 16.4. The Morgan fingerprint density at radius 2 is 2.11 bits per heavy atom. The summed E-state index contributed by atoms with van der Waals surface area (Å²) in [5.74, 6) is -0.967. The highest BCUT2D eigenvalue weighted by atomic mass is 16.5. The van der Waals surface area contributed by atoms with Gasteiger partial charge in [-0.1, -0.05) is 13.8 Å². The standard InChI is InChI=1S/C20H28N2O5/c1-12(2)18(19(23)21-11-14-6-5-8-25-14)27-20(24)16-10-17-15(7-9-26-17)22(16)13(3)4/h7,9-10,12-14,18H,5-6,8,11H2,1-4H3,(H,21,23)/t14-,18+/m1/s1. The Balaban J connectivity index is 1.72. The first-order valence-electron chi connectivity index (χ1n) is 9.57. The first-order chi connectivity index (χ1) is 12.9. The topological polar surface area (TPSA) is 82.7 Å². The number of rotatable bonds is 7. The molecule has 0 bridgehead atoms. The zero-order valence-corrected chi connectivity index (χ0v) is 16.4. The van der Waals surface area contributed by atoms with Gasteiger partial charge in [0.1, 0.15) is 5.69 Å². The van der Waals surface area contributed by atoms with Crippen LogP contribution in [0, 0.1) is 5.92 Å². The highest BCUT2D eigenvalue weighted by Crippen LogP contribution is 2.26. The summed E-state index contributed by atoms with van der Waals surface area (Å²) >= 11 is 0. The second kappa shape index (κ2) is 8.17. The maximum Gasteiger partial charge on any atom is 0.355 e. The lowest BCUT2D eigenvalue weighted by Gasteiger charge is -2.22. The number of nitrogens with zero attached hydrogens (tertiary/aromatic N) is 1. The van der Waals surface area contributed by atoms with Crippen molar-refractivity contribution in [3.8, 4) is 0 Å². The van der Waals surface area contributed by atoms with Gasteiger partial charge >= 0.3 is 5.97 Å². The lowest BCUT2D eigenvalue weighted by Crippen LogP contribution is -2.43. The second-order valence-electron chi connectivity index (χ2n) is 7.61. The van der Waals surface area contributed by atoms with E-state index in [1.54, 1.807) is 12.3 Å². The van der Waals surface area contributed by atoms with E-state index in [2.05, 4.69) is 5.32 Å². The highest BCUT2D eigenvalue weighted by molar-refractivity contribution is 5.95. The molecule has 0 aliphatic carbocycles. The Kier molecular flexibility index (Phi) is 5.89. The highest BCUT2D eigenvalue weighted by Gasteiger charge is 2.30. The van der Waals surface area contributed by atoms with Crippen LogP contribution in [0.5, 0.6) is 0 Å². The molecule has 1 N–H and O–H groups in total. The molecule has 1 aliphatic rings. The van der Waals surface area contributed by atoms with Crippen LogP contribution in [0.15, 0.2) is 22.8 Å². The molecule has 2 aromatic heterocycles. The van der Waals surface area contributed by atoms with E-state index >= 15 is 0 Å². The van der Waals surface area contributed by atoms with Gasteiger partial charge in [0.25, 0.3) is 5.91 Å². The Hall–Kier alpha value is -2.28. The van der Waals surface area contributed by atoms with Crippen molar-refractivity contribution < 1.29 is 23.5 Å². The van der Waals surface area contributed by atoms with E-state index in [0.29, 0.717) is 17.8 Å². The van der Waals surface area contributed by atoms with E-state index in [4.69, 9.17) is 13.9 Å². The molecule has 0 radical (unpaired) electrons. The number of fused-ring (bicyclic) bond motifs is 1. The van der Waals surface area contributed by atoms with Gasteiger partial charge < -0.3 is 23.8 Å². The Morgan fingerprint density at radius 3 is 2.74 bits per heavy atom. The molecular weight excluding hydrogens is 348 g/mol. The molecule has 2 aromatic rings. The van der Waals surface area contributed by atoms with Crippen LogP contribution >= 0.6 is 0 Å². The van der Waals surface area contributed by atoms with Crippen molar-refractivity contribution in [1.29, 1.82) is 0 Å². The summed E-state index contributed by atoms with van der Waals surface area (Å²) in [5, 5.41) is 2.86. The van der Waals surface area contributed by atoms with E-state index in [-0.39, 0.29) is 24.0 Å². The molecule has 1 saturated heterocycles. The van der Waals surface area contributed by atoms with Gasteiger partial charge in [-0.3, -0.25) is 4.79 Å². The summed E-state index contributed by atoms with van der Waals surface area (Å²) in [6.45, 7) is 8.86. The number of hydrogen-bond acceptors (Lipinski definition) is 5. The molecule has 2 atom stereocenters.